The molecule has 0 unspecified atom stereocenters. The Morgan fingerprint density at radius 3 is 2.46 bits per heavy atom. The molecule has 0 saturated heterocycles. The van der Waals surface area contributed by atoms with Crippen LogP contribution in [0.1, 0.15) is 23.1 Å². The standard InChI is InChI=1S/C20H23NO5/c1-13-4-5-14(2)18(10-13)25-9-8-19(22)21-17-7-6-16(11-15(17)3)26-12-20(23)24/h4-7,10-11H,8-9,12H2,1-3H3,(H,21,22)(H,23,24). The zero-order valence-corrected chi connectivity index (χ0v) is 15.2. The van der Waals surface area contributed by atoms with Gasteiger partial charge in [0.05, 0.1) is 13.0 Å². The highest BCUT2D eigenvalue weighted by Gasteiger charge is 2.08. The predicted molar refractivity (Wildman–Crippen MR) is 99.0 cm³/mol. The molecule has 1 amide bonds. The minimum atomic E-state index is -1.04. The molecule has 0 aliphatic heterocycles. The molecule has 2 aromatic rings. The predicted octanol–water partition coefficient (Wildman–Crippen LogP) is 3.48. The van der Waals surface area contributed by atoms with Crippen LogP contribution in [0.2, 0.25) is 0 Å². The van der Waals surface area contributed by atoms with Crippen molar-refractivity contribution in [3.05, 3.63) is 53.1 Å². The number of benzene rings is 2. The smallest absolute Gasteiger partial charge is 0.341 e. The maximum absolute atomic E-state index is 12.1. The molecule has 6 heteroatoms. The molecule has 0 aliphatic carbocycles. The molecule has 0 bridgehead atoms. The van der Waals surface area contributed by atoms with Gasteiger partial charge in [0, 0.05) is 5.69 Å². The first-order chi connectivity index (χ1) is 12.3. The van der Waals surface area contributed by atoms with Crippen molar-refractivity contribution in [1.82, 2.24) is 0 Å². The first-order valence-corrected chi connectivity index (χ1v) is 8.30. The molecule has 0 spiro atoms. The largest absolute Gasteiger partial charge is 0.493 e. The van der Waals surface area contributed by atoms with Gasteiger partial charge < -0.3 is 19.9 Å². The molecule has 26 heavy (non-hydrogen) atoms. The second-order valence-corrected chi connectivity index (χ2v) is 6.07. The normalized spacial score (nSPS) is 10.3. The number of rotatable bonds is 8. The number of nitrogens with one attached hydrogen (secondary N) is 1. The van der Waals surface area contributed by atoms with E-state index in [9.17, 15) is 9.59 Å². The average molecular weight is 357 g/mol. The number of aliphatic carboxylic acids is 1. The van der Waals surface area contributed by atoms with E-state index in [0.717, 1.165) is 22.4 Å². The Hall–Kier alpha value is -3.02. The number of carbonyl (C=O) groups is 2. The van der Waals surface area contributed by atoms with Gasteiger partial charge in [-0.05, 0) is 61.7 Å². The van der Waals surface area contributed by atoms with E-state index in [1.807, 2.05) is 39.0 Å². The lowest BCUT2D eigenvalue weighted by molar-refractivity contribution is -0.139. The summed E-state index contributed by atoms with van der Waals surface area (Å²) in [6.07, 6.45) is 0.226. The van der Waals surface area contributed by atoms with Crippen LogP contribution in [0.5, 0.6) is 11.5 Å². The number of amides is 1. The lowest BCUT2D eigenvalue weighted by Crippen LogP contribution is -2.16. The molecule has 2 aromatic carbocycles. The van der Waals surface area contributed by atoms with E-state index in [2.05, 4.69) is 5.32 Å². The fourth-order valence-corrected chi connectivity index (χ4v) is 2.34. The lowest BCUT2D eigenvalue weighted by atomic mass is 10.1. The van der Waals surface area contributed by atoms with E-state index in [-0.39, 0.29) is 18.9 Å². The van der Waals surface area contributed by atoms with E-state index in [0.29, 0.717) is 11.4 Å². The lowest BCUT2D eigenvalue weighted by Gasteiger charge is -2.12. The molecule has 2 rings (SSSR count). The van der Waals surface area contributed by atoms with Crippen LogP contribution in [-0.2, 0) is 9.59 Å². The molecule has 138 valence electrons. The molecule has 0 heterocycles. The molecular formula is C20H23NO5. The van der Waals surface area contributed by atoms with Crippen molar-refractivity contribution in [3.63, 3.8) is 0 Å². The molecule has 0 atom stereocenters. The highest BCUT2D eigenvalue weighted by molar-refractivity contribution is 5.91. The number of ether oxygens (including phenoxy) is 2. The van der Waals surface area contributed by atoms with E-state index >= 15 is 0 Å². The van der Waals surface area contributed by atoms with Crippen LogP contribution in [0.25, 0.3) is 0 Å². The molecule has 0 radical (unpaired) electrons. The Balaban J connectivity index is 1.85. The summed E-state index contributed by atoms with van der Waals surface area (Å²) in [7, 11) is 0. The van der Waals surface area contributed by atoms with Gasteiger partial charge in [-0.3, -0.25) is 4.79 Å². The number of hydrogen-bond donors (Lipinski definition) is 2. The molecular weight excluding hydrogens is 334 g/mol. The summed E-state index contributed by atoms with van der Waals surface area (Å²) >= 11 is 0. The minimum absolute atomic E-state index is 0.155. The number of carboxylic acid groups (broad SMARTS) is 1. The highest BCUT2D eigenvalue weighted by atomic mass is 16.5. The molecule has 0 saturated carbocycles. The van der Waals surface area contributed by atoms with Gasteiger partial charge in [-0.25, -0.2) is 4.79 Å². The zero-order valence-electron chi connectivity index (χ0n) is 15.2. The third-order valence-corrected chi connectivity index (χ3v) is 3.76. The van der Waals surface area contributed by atoms with Gasteiger partial charge in [0.15, 0.2) is 6.61 Å². The fraction of sp³-hybridized carbons (Fsp3) is 0.300. The van der Waals surface area contributed by atoms with Crippen molar-refractivity contribution < 1.29 is 24.2 Å². The average Bonchev–Trinajstić information content (AvgIpc) is 2.58. The van der Waals surface area contributed by atoms with Crippen molar-refractivity contribution in [3.8, 4) is 11.5 Å². The van der Waals surface area contributed by atoms with E-state index in [1.54, 1.807) is 18.2 Å². The van der Waals surface area contributed by atoms with Crippen molar-refractivity contribution in [1.29, 1.82) is 0 Å². The number of hydrogen-bond acceptors (Lipinski definition) is 4. The van der Waals surface area contributed by atoms with Crippen molar-refractivity contribution >= 4 is 17.6 Å². The van der Waals surface area contributed by atoms with Crippen molar-refractivity contribution in [2.45, 2.75) is 27.2 Å². The summed E-state index contributed by atoms with van der Waals surface area (Å²) in [4.78, 5) is 22.6. The summed E-state index contributed by atoms with van der Waals surface area (Å²) < 4.78 is 10.8. The Morgan fingerprint density at radius 1 is 1.00 bits per heavy atom. The molecule has 0 fully saturated rings. The Bertz CT molecular complexity index is 801. The van der Waals surface area contributed by atoms with Gasteiger partial charge in [0.25, 0.3) is 0 Å². The summed E-state index contributed by atoms with van der Waals surface area (Å²) in [6, 6.07) is 11.0. The maximum atomic E-state index is 12.1. The van der Waals surface area contributed by atoms with Crippen molar-refractivity contribution in [2.24, 2.45) is 0 Å². The summed E-state index contributed by atoms with van der Waals surface area (Å²) in [5.74, 6) is 0.0385. The van der Waals surface area contributed by atoms with Gasteiger partial charge in [-0.2, -0.15) is 0 Å². The van der Waals surface area contributed by atoms with Crippen LogP contribution in [0, 0.1) is 20.8 Å². The third-order valence-electron chi connectivity index (χ3n) is 3.76. The number of carbonyl (C=O) groups excluding carboxylic acids is 1. The molecule has 0 aliphatic rings. The first kappa shape index (κ1) is 19.3. The first-order valence-electron chi connectivity index (χ1n) is 8.30. The topological polar surface area (TPSA) is 84.9 Å². The van der Waals surface area contributed by atoms with Gasteiger partial charge in [0.2, 0.25) is 5.91 Å². The van der Waals surface area contributed by atoms with Crippen LogP contribution in [0.3, 0.4) is 0 Å². The minimum Gasteiger partial charge on any atom is -0.493 e. The fourth-order valence-electron chi connectivity index (χ4n) is 2.34. The van der Waals surface area contributed by atoms with Crippen LogP contribution < -0.4 is 14.8 Å². The van der Waals surface area contributed by atoms with Gasteiger partial charge in [0.1, 0.15) is 11.5 Å². The molecule has 0 aromatic heterocycles. The number of carboxylic acids is 1. The SMILES string of the molecule is Cc1ccc(C)c(OCCC(=O)Nc2ccc(OCC(=O)O)cc2C)c1. The van der Waals surface area contributed by atoms with Crippen molar-refractivity contribution in [2.75, 3.05) is 18.5 Å². The maximum Gasteiger partial charge on any atom is 0.341 e. The van der Waals surface area contributed by atoms with Gasteiger partial charge >= 0.3 is 5.97 Å². The summed E-state index contributed by atoms with van der Waals surface area (Å²) in [6.45, 7) is 5.66. The van der Waals surface area contributed by atoms with Crippen LogP contribution >= 0.6 is 0 Å². The summed E-state index contributed by atoms with van der Waals surface area (Å²) in [5, 5.41) is 11.4. The Labute approximate surface area is 152 Å². The van der Waals surface area contributed by atoms with Crippen LogP contribution in [-0.4, -0.2) is 30.2 Å². The second-order valence-electron chi connectivity index (χ2n) is 6.07. The number of anilines is 1. The van der Waals surface area contributed by atoms with Crippen LogP contribution in [0.15, 0.2) is 36.4 Å². The zero-order chi connectivity index (χ0) is 19.1. The number of aryl methyl sites for hydroxylation is 3. The quantitative estimate of drug-likeness (QED) is 0.755. The Morgan fingerprint density at radius 2 is 1.77 bits per heavy atom. The Kier molecular flexibility index (Phi) is 6.60. The molecule has 2 N–H and O–H groups in total. The van der Waals surface area contributed by atoms with E-state index < -0.39 is 12.6 Å². The monoisotopic (exact) mass is 357 g/mol. The second kappa shape index (κ2) is 8.89. The van der Waals surface area contributed by atoms with Crippen LogP contribution in [0.4, 0.5) is 5.69 Å². The summed E-state index contributed by atoms with van der Waals surface area (Å²) in [5.41, 5.74) is 3.58. The van der Waals surface area contributed by atoms with Gasteiger partial charge in [-0.15, -0.1) is 0 Å². The molecule has 6 nitrogen and oxygen atoms in total. The third kappa shape index (κ3) is 5.81. The van der Waals surface area contributed by atoms with Gasteiger partial charge in [-0.1, -0.05) is 12.1 Å². The highest BCUT2D eigenvalue weighted by Crippen LogP contribution is 2.22. The van der Waals surface area contributed by atoms with E-state index in [1.165, 1.54) is 0 Å². The van der Waals surface area contributed by atoms with E-state index in [4.69, 9.17) is 14.6 Å².